The van der Waals surface area contributed by atoms with Gasteiger partial charge in [0.15, 0.2) is 0 Å². The van der Waals surface area contributed by atoms with Gasteiger partial charge in [-0.15, -0.1) is 0 Å². The molecule has 14 heavy (non-hydrogen) atoms. The van der Waals surface area contributed by atoms with Crippen LogP contribution in [0.5, 0.6) is 0 Å². The molecule has 0 spiro atoms. The molecule has 3 fully saturated rings. The number of nitrogens with one attached hydrogen (secondary N) is 1. The molecule has 2 unspecified atom stereocenters. The van der Waals surface area contributed by atoms with Crippen molar-refractivity contribution < 1.29 is 4.79 Å². The molecule has 1 amide bonds. The Balaban J connectivity index is 1.67. The fourth-order valence-corrected chi connectivity index (χ4v) is 2.98. The Morgan fingerprint density at radius 3 is 2.79 bits per heavy atom. The summed E-state index contributed by atoms with van der Waals surface area (Å²) < 4.78 is 0. The minimum Gasteiger partial charge on any atom is -0.339 e. The summed E-state index contributed by atoms with van der Waals surface area (Å²) in [6, 6.07) is 0.547. The minimum atomic E-state index is 0.429. The van der Waals surface area contributed by atoms with Crippen molar-refractivity contribution in [1.29, 1.82) is 0 Å². The van der Waals surface area contributed by atoms with Gasteiger partial charge in [-0.25, -0.2) is 0 Å². The van der Waals surface area contributed by atoms with E-state index >= 15 is 0 Å². The molecule has 3 nitrogen and oxygen atoms in total. The van der Waals surface area contributed by atoms with Crippen molar-refractivity contribution >= 4 is 5.91 Å². The molecule has 2 atom stereocenters. The van der Waals surface area contributed by atoms with E-state index in [4.69, 9.17) is 0 Å². The molecule has 78 valence electrons. The number of piperidine rings is 2. The molecule has 0 aromatic rings. The lowest BCUT2D eigenvalue weighted by molar-refractivity contribution is -0.137. The van der Waals surface area contributed by atoms with Gasteiger partial charge in [-0.2, -0.15) is 0 Å². The van der Waals surface area contributed by atoms with Crippen LogP contribution in [0, 0.1) is 11.8 Å². The normalized spacial score (nSPS) is 38.3. The number of likely N-dealkylation sites (tertiary alicyclic amines) is 1. The second-order valence-electron chi connectivity index (χ2n) is 4.90. The maximum atomic E-state index is 12.0. The molecule has 3 aliphatic rings. The van der Waals surface area contributed by atoms with E-state index < -0.39 is 0 Å². The minimum absolute atomic E-state index is 0.429. The zero-order chi connectivity index (χ0) is 9.54. The first-order valence-electron chi connectivity index (χ1n) is 5.87. The standard InChI is InChI=1S/C11H18N2O/c14-11-10-7-8(10)3-6-13(11)9-1-4-12-5-2-9/h8-10,12H,1-7H2. The van der Waals surface area contributed by atoms with Crippen molar-refractivity contribution in [2.75, 3.05) is 19.6 Å². The van der Waals surface area contributed by atoms with Crippen LogP contribution in [0.15, 0.2) is 0 Å². The van der Waals surface area contributed by atoms with Gasteiger partial charge in [0.2, 0.25) is 5.91 Å². The molecule has 1 aliphatic carbocycles. The van der Waals surface area contributed by atoms with Crippen molar-refractivity contribution in [3.05, 3.63) is 0 Å². The third-order valence-electron chi connectivity index (χ3n) is 4.01. The molecule has 0 aromatic carbocycles. The number of amides is 1. The number of carbonyl (C=O) groups excluding carboxylic acids is 1. The molecule has 2 heterocycles. The van der Waals surface area contributed by atoms with Crippen molar-refractivity contribution in [3.63, 3.8) is 0 Å². The first-order valence-corrected chi connectivity index (χ1v) is 5.87. The molecule has 2 saturated heterocycles. The summed E-state index contributed by atoms with van der Waals surface area (Å²) in [5.74, 6) is 1.66. The summed E-state index contributed by atoms with van der Waals surface area (Å²) in [7, 11) is 0. The largest absolute Gasteiger partial charge is 0.339 e. The van der Waals surface area contributed by atoms with Crippen molar-refractivity contribution in [2.45, 2.75) is 31.7 Å². The lowest BCUT2D eigenvalue weighted by atomic mass is 10.0. The van der Waals surface area contributed by atoms with E-state index in [-0.39, 0.29) is 0 Å². The number of hydrogen-bond acceptors (Lipinski definition) is 2. The highest BCUT2D eigenvalue weighted by molar-refractivity contribution is 5.83. The lowest BCUT2D eigenvalue weighted by Gasteiger charge is -2.36. The number of nitrogens with zero attached hydrogens (tertiary/aromatic N) is 1. The summed E-state index contributed by atoms with van der Waals surface area (Å²) in [5.41, 5.74) is 0. The summed E-state index contributed by atoms with van der Waals surface area (Å²) >= 11 is 0. The molecular weight excluding hydrogens is 176 g/mol. The Morgan fingerprint density at radius 1 is 1.21 bits per heavy atom. The van der Waals surface area contributed by atoms with Gasteiger partial charge in [0.25, 0.3) is 0 Å². The van der Waals surface area contributed by atoms with E-state index in [2.05, 4.69) is 10.2 Å². The van der Waals surface area contributed by atoms with Gasteiger partial charge in [0, 0.05) is 18.5 Å². The predicted molar refractivity (Wildman–Crippen MR) is 53.8 cm³/mol. The highest BCUT2D eigenvalue weighted by Crippen LogP contribution is 2.46. The Morgan fingerprint density at radius 2 is 2.00 bits per heavy atom. The quantitative estimate of drug-likeness (QED) is 0.663. The van der Waals surface area contributed by atoms with Crippen LogP contribution in [-0.4, -0.2) is 36.5 Å². The fraction of sp³-hybridized carbons (Fsp3) is 0.909. The molecular formula is C11H18N2O. The van der Waals surface area contributed by atoms with Gasteiger partial charge in [0.1, 0.15) is 0 Å². The maximum absolute atomic E-state index is 12.0. The third-order valence-corrected chi connectivity index (χ3v) is 4.01. The van der Waals surface area contributed by atoms with Crippen LogP contribution in [0.4, 0.5) is 0 Å². The van der Waals surface area contributed by atoms with Crippen LogP contribution >= 0.6 is 0 Å². The van der Waals surface area contributed by atoms with Crippen molar-refractivity contribution in [3.8, 4) is 0 Å². The summed E-state index contributed by atoms with van der Waals surface area (Å²) in [4.78, 5) is 14.1. The van der Waals surface area contributed by atoms with E-state index in [0.29, 0.717) is 17.9 Å². The Kier molecular flexibility index (Phi) is 2.01. The van der Waals surface area contributed by atoms with Gasteiger partial charge in [-0.3, -0.25) is 4.79 Å². The van der Waals surface area contributed by atoms with Gasteiger partial charge < -0.3 is 10.2 Å². The molecule has 3 rings (SSSR count). The van der Waals surface area contributed by atoms with Gasteiger partial charge in [-0.1, -0.05) is 0 Å². The van der Waals surface area contributed by atoms with Crippen LogP contribution in [0.1, 0.15) is 25.7 Å². The Hall–Kier alpha value is -0.570. The van der Waals surface area contributed by atoms with Crippen LogP contribution in [0.2, 0.25) is 0 Å². The monoisotopic (exact) mass is 194 g/mol. The van der Waals surface area contributed by atoms with Crippen LogP contribution in [0.3, 0.4) is 0 Å². The molecule has 3 heteroatoms. The predicted octanol–water partition coefficient (Wildman–Crippen LogP) is 0.607. The summed E-state index contributed by atoms with van der Waals surface area (Å²) in [6.45, 7) is 3.20. The lowest BCUT2D eigenvalue weighted by Crippen LogP contribution is -2.48. The molecule has 0 aromatic heterocycles. The van der Waals surface area contributed by atoms with E-state index in [0.717, 1.165) is 38.4 Å². The highest BCUT2D eigenvalue weighted by Gasteiger charge is 2.49. The maximum Gasteiger partial charge on any atom is 0.226 e. The van der Waals surface area contributed by atoms with E-state index in [1.54, 1.807) is 0 Å². The van der Waals surface area contributed by atoms with Crippen LogP contribution < -0.4 is 5.32 Å². The van der Waals surface area contributed by atoms with Gasteiger partial charge >= 0.3 is 0 Å². The Labute approximate surface area is 84.8 Å². The smallest absolute Gasteiger partial charge is 0.226 e. The van der Waals surface area contributed by atoms with E-state index in [1.807, 2.05) is 0 Å². The van der Waals surface area contributed by atoms with Crippen LogP contribution in [-0.2, 0) is 4.79 Å². The molecule has 1 saturated carbocycles. The number of hydrogen-bond donors (Lipinski definition) is 1. The van der Waals surface area contributed by atoms with Gasteiger partial charge in [0.05, 0.1) is 0 Å². The molecule has 0 radical (unpaired) electrons. The van der Waals surface area contributed by atoms with Gasteiger partial charge in [-0.05, 0) is 44.7 Å². The fourth-order valence-electron chi connectivity index (χ4n) is 2.98. The number of fused-ring (bicyclic) bond motifs is 1. The topological polar surface area (TPSA) is 32.3 Å². The second-order valence-corrected chi connectivity index (χ2v) is 4.90. The number of carbonyl (C=O) groups is 1. The summed E-state index contributed by atoms with van der Waals surface area (Å²) in [5, 5.41) is 3.35. The first kappa shape index (κ1) is 8.72. The average molecular weight is 194 g/mol. The first-order chi connectivity index (χ1) is 6.86. The van der Waals surface area contributed by atoms with Crippen LogP contribution in [0.25, 0.3) is 0 Å². The average Bonchev–Trinajstić information content (AvgIpc) is 3.00. The van der Waals surface area contributed by atoms with Crippen molar-refractivity contribution in [2.24, 2.45) is 11.8 Å². The zero-order valence-corrected chi connectivity index (χ0v) is 8.54. The molecule has 2 aliphatic heterocycles. The molecule has 0 bridgehead atoms. The SMILES string of the molecule is O=C1C2CC2CCN1C1CCNCC1. The highest BCUT2D eigenvalue weighted by atomic mass is 16.2. The zero-order valence-electron chi connectivity index (χ0n) is 8.54. The summed E-state index contributed by atoms with van der Waals surface area (Å²) in [6.07, 6.45) is 4.76. The molecule has 1 N–H and O–H groups in total. The van der Waals surface area contributed by atoms with E-state index in [1.165, 1.54) is 12.8 Å². The van der Waals surface area contributed by atoms with Crippen molar-refractivity contribution in [1.82, 2.24) is 10.2 Å². The van der Waals surface area contributed by atoms with E-state index in [9.17, 15) is 4.79 Å². The Bertz CT molecular complexity index is 248. The number of rotatable bonds is 1. The third kappa shape index (κ3) is 1.34. The second kappa shape index (κ2) is 3.23.